The van der Waals surface area contributed by atoms with Crippen LogP contribution in [0, 0.1) is 5.41 Å². The normalized spacial score (nSPS) is 11.7. The molecule has 142 valence electrons. The van der Waals surface area contributed by atoms with Crippen LogP contribution >= 0.6 is 0 Å². The van der Waals surface area contributed by atoms with Crippen LogP contribution < -0.4 is 16.2 Å². The summed E-state index contributed by atoms with van der Waals surface area (Å²) in [4.78, 5) is 16.5. The van der Waals surface area contributed by atoms with Crippen molar-refractivity contribution >= 4 is 22.6 Å². The van der Waals surface area contributed by atoms with Crippen LogP contribution in [0.25, 0.3) is 22.2 Å². The number of benzene rings is 1. The summed E-state index contributed by atoms with van der Waals surface area (Å²) in [6.07, 6.45) is 0. The Kier molecular flexibility index (Phi) is 4.78. The summed E-state index contributed by atoms with van der Waals surface area (Å²) >= 11 is 0. The third-order valence-corrected chi connectivity index (χ3v) is 4.09. The average molecular weight is 367 g/mol. The highest BCUT2D eigenvalue weighted by Crippen LogP contribution is 2.31. The summed E-state index contributed by atoms with van der Waals surface area (Å²) in [5.74, 6) is 0.277. The maximum Gasteiger partial charge on any atom is 0.254 e. The highest BCUT2D eigenvalue weighted by Gasteiger charge is 2.24. The fourth-order valence-electron chi connectivity index (χ4n) is 2.97. The molecule has 0 aliphatic carbocycles. The van der Waals surface area contributed by atoms with Gasteiger partial charge in [-0.1, -0.05) is 26.8 Å². The van der Waals surface area contributed by atoms with Gasteiger partial charge in [-0.2, -0.15) is 5.10 Å². The highest BCUT2D eigenvalue weighted by molar-refractivity contribution is 6.04. The number of hydrogen-bond donors (Lipinski definition) is 2. The number of anilines is 1. The number of nitrogens with two attached hydrogens (primary N) is 2. The molecule has 27 heavy (non-hydrogen) atoms. The smallest absolute Gasteiger partial charge is 0.254 e. The van der Waals surface area contributed by atoms with Crippen molar-refractivity contribution in [2.45, 2.75) is 34.2 Å². The summed E-state index contributed by atoms with van der Waals surface area (Å²) < 4.78 is 7.09. The van der Waals surface area contributed by atoms with E-state index in [0.29, 0.717) is 24.7 Å². The van der Waals surface area contributed by atoms with Crippen molar-refractivity contribution in [1.29, 1.82) is 0 Å². The molecule has 1 aromatic carbocycles. The first-order valence-electron chi connectivity index (χ1n) is 8.89. The molecule has 0 saturated carbocycles. The fourth-order valence-corrected chi connectivity index (χ4v) is 2.97. The molecule has 2 aromatic heterocycles. The molecule has 3 aromatic rings. The van der Waals surface area contributed by atoms with Gasteiger partial charge in [0.2, 0.25) is 5.88 Å². The van der Waals surface area contributed by atoms with E-state index in [1.165, 1.54) is 0 Å². The molecule has 1 amide bonds. The minimum atomic E-state index is -0.590. The van der Waals surface area contributed by atoms with Gasteiger partial charge in [-0.3, -0.25) is 4.79 Å². The average Bonchev–Trinajstić information content (AvgIpc) is 2.89. The number of rotatable bonds is 5. The molecule has 0 unspecified atom stereocenters. The van der Waals surface area contributed by atoms with Crippen molar-refractivity contribution < 1.29 is 9.53 Å². The second-order valence-corrected chi connectivity index (χ2v) is 7.68. The first-order chi connectivity index (χ1) is 12.7. The number of pyridine rings is 1. The van der Waals surface area contributed by atoms with E-state index in [0.717, 1.165) is 16.5 Å². The number of nitrogen functional groups attached to an aromatic ring is 1. The molecule has 0 atom stereocenters. The largest absolute Gasteiger partial charge is 0.478 e. The van der Waals surface area contributed by atoms with E-state index < -0.39 is 5.91 Å². The number of aromatic nitrogens is 3. The van der Waals surface area contributed by atoms with Gasteiger partial charge in [0.1, 0.15) is 17.1 Å². The topological polar surface area (TPSA) is 109 Å². The van der Waals surface area contributed by atoms with E-state index in [1.54, 1.807) is 4.68 Å². The molecular weight excluding hydrogens is 342 g/mol. The van der Waals surface area contributed by atoms with Crippen LogP contribution in [0.3, 0.4) is 0 Å². The first kappa shape index (κ1) is 18.7. The second-order valence-electron chi connectivity index (χ2n) is 7.68. The molecule has 3 rings (SSSR count). The molecule has 0 bridgehead atoms. The Morgan fingerprint density at radius 3 is 2.59 bits per heavy atom. The third-order valence-electron chi connectivity index (χ3n) is 4.09. The Morgan fingerprint density at radius 1 is 1.22 bits per heavy atom. The van der Waals surface area contributed by atoms with Gasteiger partial charge < -0.3 is 16.2 Å². The summed E-state index contributed by atoms with van der Waals surface area (Å²) in [6.45, 7) is 9.29. The molecule has 7 nitrogen and oxygen atoms in total. The van der Waals surface area contributed by atoms with Crippen molar-refractivity contribution in [2.24, 2.45) is 11.1 Å². The Bertz CT molecular complexity index is 1000. The molecular formula is C20H25N5O2. The Balaban J connectivity index is 2.10. The van der Waals surface area contributed by atoms with E-state index >= 15 is 0 Å². The molecule has 0 saturated heterocycles. The van der Waals surface area contributed by atoms with Crippen LogP contribution in [0.4, 0.5) is 5.82 Å². The van der Waals surface area contributed by atoms with Crippen molar-refractivity contribution in [3.63, 3.8) is 0 Å². The lowest BCUT2D eigenvalue weighted by molar-refractivity contribution is 0.100. The van der Waals surface area contributed by atoms with E-state index in [1.807, 2.05) is 37.3 Å². The lowest BCUT2D eigenvalue weighted by Gasteiger charge is -2.18. The van der Waals surface area contributed by atoms with Crippen LogP contribution in [0.2, 0.25) is 0 Å². The summed E-state index contributed by atoms with van der Waals surface area (Å²) in [5, 5.41) is 5.50. The zero-order chi connectivity index (χ0) is 19.8. The van der Waals surface area contributed by atoms with Crippen LogP contribution in [0.1, 0.15) is 38.1 Å². The van der Waals surface area contributed by atoms with Gasteiger partial charge in [0, 0.05) is 23.6 Å². The highest BCUT2D eigenvalue weighted by atomic mass is 16.5. The van der Waals surface area contributed by atoms with Crippen LogP contribution in [0.5, 0.6) is 5.88 Å². The summed E-state index contributed by atoms with van der Waals surface area (Å²) in [5.41, 5.74) is 14.0. The molecule has 2 heterocycles. The van der Waals surface area contributed by atoms with Crippen LogP contribution in [-0.2, 0) is 6.54 Å². The Morgan fingerprint density at radius 2 is 1.96 bits per heavy atom. The number of ether oxygens (including phenoxy) is 1. The van der Waals surface area contributed by atoms with Gasteiger partial charge in [0.15, 0.2) is 0 Å². The van der Waals surface area contributed by atoms with E-state index in [9.17, 15) is 4.79 Å². The van der Waals surface area contributed by atoms with Gasteiger partial charge >= 0.3 is 0 Å². The fraction of sp³-hybridized carbons (Fsp3) is 0.350. The minimum Gasteiger partial charge on any atom is -0.478 e. The first-order valence-corrected chi connectivity index (χ1v) is 8.89. The summed E-state index contributed by atoms with van der Waals surface area (Å²) in [6, 6.07) is 9.40. The molecule has 4 N–H and O–H groups in total. The maximum atomic E-state index is 12.0. The van der Waals surface area contributed by atoms with Crippen molar-refractivity contribution in [3.05, 3.63) is 35.9 Å². The van der Waals surface area contributed by atoms with E-state index in [2.05, 4.69) is 30.9 Å². The Labute approximate surface area is 158 Å². The molecule has 0 radical (unpaired) electrons. The molecule has 0 aliphatic rings. The van der Waals surface area contributed by atoms with Crippen molar-refractivity contribution in [2.75, 3.05) is 12.3 Å². The van der Waals surface area contributed by atoms with E-state index in [-0.39, 0.29) is 16.8 Å². The van der Waals surface area contributed by atoms with Gasteiger partial charge in [-0.05, 0) is 30.5 Å². The predicted molar refractivity (Wildman–Crippen MR) is 107 cm³/mol. The Hall–Kier alpha value is -3.09. The third kappa shape index (κ3) is 3.86. The predicted octanol–water partition coefficient (Wildman–Crippen LogP) is 3.22. The van der Waals surface area contributed by atoms with Gasteiger partial charge in [0.25, 0.3) is 5.91 Å². The number of carbonyl (C=O) groups excluding carboxylic acids is 1. The number of primary amides is 1. The molecule has 0 spiro atoms. The number of fused-ring (bicyclic) bond motifs is 1. The SMILES string of the molecule is CCOc1ccc2cc(-c3nn(CC(C)(C)C)c(N)c3C(N)=O)ccc2n1. The number of carbonyl (C=O) groups is 1. The minimum absolute atomic E-state index is 0.0463. The lowest BCUT2D eigenvalue weighted by atomic mass is 9.97. The van der Waals surface area contributed by atoms with Gasteiger partial charge in [-0.25, -0.2) is 9.67 Å². The molecule has 7 heteroatoms. The van der Waals surface area contributed by atoms with Crippen molar-refractivity contribution in [1.82, 2.24) is 14.8 Å². The lowest BCUT2D eigenvalue weighted by Crippen LogP contribution is -2.19. The molecule has 0 fully saturated rings. The maximum absolute atomic E-state index is 12.0. The number of nitrogens with zero attached hydrogens (tertiary/aromatic N) is 3. The number of hydrogen-bond acceptors (Lipinski definition) is 5. The van der Waals surface area contributed by atoms with Crippen molar-refractivity contribution in [3.8, 4) is 17.1 Å². The monoisotopic (exact) mass is 367 g/mol. The van der Waals surface area contributed by atoms with Gasteiger partial charge in [0.05, 0.1) is 12.1 Å². The molecule has 0 aliphatic heterocycles. The van der Waals surface area contributed by atoms with Gasteiger partial charge in [-0.15, -0.1) is 0 Å². The quantitative estimate of drug-likeness (QED) is 0.719. The summed E-state index contributed by atoms with van der Waals surface area (Å²) in [7, 11) is 0. The zero-order valence-electron chi connectivity index (χ0n) is 16.1. The second kappa shape index (κ2) is 6.90. The van der Waals surface area contributed by atoms with Crippen LogP contribution in [0.15, 0.2) is 30.3 Å². The van der Waals surface area contributed by atoms with Crippen LogP contribution in [-0.4, -0.2) is 27.3 Å². The zero-order valence-corrected chi connectivity index (χ0v) is 16.1. The number of amides is 1. The van der Waals surface area contributed by atoms with E-state index in [4.69, 9.17) is 16.2 Å². The standard InChI is InChI=1S/C20H25N5O2/c1-5-27-15-9-7-12-10-13(6-8-14(12)23-15)17-16(19(22)26)18(21)25(24-17)11-20(2,3)4/h6-10H,5,11,21H2,1-4H3,(H2,22,26).